The van der Waals surface area contributed by atoms with E-state index < -0.39 is 0 Å². The van der Waals surface area contributed by atoms with Crippen LogP contribution in [0.15, 0.2) is 150 Å². The molecule has 48 heavy (non-hydrogen) atoms. The van der Waals surface area contributed by atoms with Crippen LogP contribution in [0.25, 0.3) is 98.4 Å². The van der Waals surface area contributed by atoms with Gasteiger partial charge in [-0.05, 0) is 18.2 Å². The zero-order valence-electron chi connectivity index (χ0n) is 25.5. The van der Waals surface area contributed by atoms with Crippen molar-refractivity contribution in [2.45, 2.75) is 0 Å². The molecule has 0 radical (unpaired) electrons. The number of pyridine rings is 1. The quantitative estimate of drug-likeness (QED) is 0.193. The highest BCUT2D eigenvalue weighted by Crippen LogP contribution is 2.44. The van der Waals surface area contributed by atoms with E-state index in [1.165, 1.54) is 20.2 Å². The molecule has 0 saturated heterocycles. The molecule has 0 atom stereocenters. The molecule has 0 spiro atoms. The monoisotopic (exact) mass is 632 g/mol. The lowest BCUT2D eigenvalue weighted by Gasteiger charge is -2.10. The van der Waals surface area contributed by atoms with Crippen LogP contribution in [0.4, 0.5) is 0 Å². The van der Waals surface area contributed by atoms with E-state index in [2.05, 4.69) is 72.8 Å². The van der Waals surface area contributed by atoms with E-state index in [9.17, 15) is 0 Å². The summed E-state index contributed by atoms with van der Waals surface area (Å²) in [6, 6.07) is 49.6. The number of nitrogens with zero attached hydrogens (tertiary/aromatic N) is 4. The zero-order chi connectivity index (χ0) is 31.6. The van der Waals surface area contributed by atoms with Crippen molar-refractivity contribution in [1.82, 2.24) is 19.9 Å². The van der Waals surface area contributed by atoms with Gasteiger partial charge in [-0.3, -0.25) is 0 Å². The van der Waals surface area contributed by atoms with Gasteiger partial charge in [-0.2, -0.15) is 0 Å². The second-order valence-electron chi connectivity index (χ2n) is 11.8. The molecular weight excluding hydrogens is 609 g/mol. The smallest absolute Gasteiger partial charge is 0.164 e. The SMILES string of the molecule is c1ccc(-c2nc(-c3ccccc3)nc(-c3ccc(-c4nc5c(ccc6c7ccccc7sc65)c5oc6ccccc6c45)cc3)n2)cc1. The number of thiophene rings is 1. The summed E-state index contributed by atoms with van der Waals surface area (Å²) in [6.07, 6.45) is 0. The van der Waals surface area contributed by atoms with E-state index >= 15 is 0 Å². The summed E-state index contributed by atoms with van der Waals surface area (Å²) in [5.41, 5.74) is 7.34. The van der Waals surface area contributed by atoms with Crippen LogP contribution in [-0.2, 0) is 0 Å². The molecule has 0 bridgehead atoms. The van der Waals surface area contributed by atoms with Gasteiger partial charge >= 0.3 is 0 Å². The lowest BCUT2D eigenvalue weighted by atomic mass is 10.0. The van der Waals surface area contributed by atoms with Crippen molar-refractivity contribution in [3.05, 3.63) is 146 Å². The van der Waals surface area contributed by atoms with Crippen molar-refractivity contribution in [2.24, 2.45) is 0 Å². The molecule has 4 aromatic heterocycles. The van der Waals surface area contributed by atoms with Crippen LogP contribution in [0, 0.1) is 0 Å². The van der Waals surface area contributed by atoms with Crippen molar-refractivity contribution in [3.8, 4) is 45.4 Å². The Kier molecular flexibility index (Phi) is 5.98. The predicted octanol–water partition coefficient (Wildman–Crippen LogP) is 11.4. The highest BCUT2D eigenvalue weighted by atomic mass is 32.1. The molecule has 10 rings (SSSR count). The molecule has 224 valence electrons. The number of hydrogen-bond donors (Lipinski definition) is 0. The first-order chi connectivity index (χ1) is 23.8. The van der Waals surface area contributed by atoms with E-state index in [0.29, 0.717) is 17.5 Å². The Morgan fingerprint density at radius 2 is 0.958 bits per heavy atom. The number of hydrogen-bond acceptors (Lipinski definition) is 6. The first kappa shape index (κ1) is 26.9. The van der Waals surface area contributed by atoms with Gasteiger partial charge in [0.1, 0.15) is 11.2 Å². The van der Waals surface area contributed by atoms with Gasteiger partial charge in [0.25, 0.3) is 0 Å². The maximum absolute atomic E-state index is 6.59. The molecule has 0 fully saturated rings. The Bertz CT molecular complexity index is 2770. The van der Waals surface area contributed by atoms with Crippen LogP contribution in [-0.4, -0.2) is 19.9 Å². The molecule has 0 aliphatic rings. The van der Waals surface area contributed by atoms with Gasteiger partial charge in [-0.15, -0.1) is 11.3 Å². The number of benzene rings is 6. The van der Waals surface area contributed by atoms with Gasteiger partial charge in [-0.25, -0.2) is 19.9 Å². The lowest BCUT2D eigenvalue weighted by Crippen LogP contribution is -2.00. The van der Waals surface area contributed by atoms with Crippen LogP contribution in [0.1, 0.15) is 0 Å². The number of rotatable bonds is 4. The van der Waals surface area contributed by atoms with E-state index in [1.807, 2.05) is 72.8 Å². The molecule has 6 aromatic carbocycles. The third-order valence-corrected chi connectivity index (χ3v) is 10.1. The Hall–Kier alpha value is -6.24. The second-order valence-corrected chi connectivity index (χ2v) is 12.9. The number of fused-ring (bicyclic) bond motifs is 9. The number of para-hydroxylation sites is 1. The van der Waals surface area contributed by atoms with Crippen LogP contribution < -0.4 is 0 Å². The summed E-state index contributed by atoms with van der Waals surface area (Å²) >= 11 is 1.78. The van der Waals surface area contributed by atoms with Crippen molar-refractivity contribution < 1.29 is 4.42 Å². The van der Waals surface area contributed by atoms with E-state index in [0.717, 1.165) is 60.8 Å². The molecule has 0 N–H and O–H groups in total. The Labute approximate surface area is 278 Å². The van der Waals surface area contributed by atoms with E-state index in [1.54, 1.807) is 11.3 Å². The lowest BCUT2D eigenvalue weighted by molar-refractivity contribution is 0.672. The summed E-state index contributed by atoms with van der Waals surface area (Å²) in [7, 11) is 0. The van der Waals surface area contributed by atoms with Crippen LogP contribution >= 0.6 is 11.3 Å². The van der Waals surface area contributed by atoms with Crippen molar-refractivity contribution >= 4 is 64.4 Å². The van der Waals surface area contributed by atoms with Gasteiger partial charge in [0, 0.05) is 48.5 Å². The highest BCUT2D eigenvalue weighted by molar-refractivity contribution is 7.26. The fourth-order valence-corrected chi connectivity index (χ4v) is 7.83. The summed E-state index contributed by atoms with van der Waals surface area (Å²) in [6.45, 7) is 0. The fourth-order valence-electron chi connectivity index (χ4n) is 6.63. The average Bonchev–Trinajstić information content (AvgIpc) is 3.75. The minimum atomic E-state index is 0.617. The van der Waals surface area contributed by atoms with Gasteiger partial charge in [0.15, 0.2) is 17.5 Å². The van der Waals surface area contributed by atoms with Gasteiger partial charge in [-0.1, -0.05) is 127 Å². The van der Waals surface area contributed by atoms with E-state index in [4.69, 9.17) is 24.4 Å². The Morgan fingerprint density at radius 3 is 1.65 bits per heavy atom. The molecule has 4 heterocycles. The van der Waals surface area contributed by atoms with Crippen molar-refractivity contribution in [2.75, 3.05) is 0 Å². The maximum Gasteiger partial charge on any atom is 0.164 e. The second kappa shape index (κ2) is 10.7. The van der Waals surface area contributed by atoms with E-state index in [-0.39, 0.29) is 0 Å². The van der Waals surface area contributed by atoms with Crippen LogP contribution in [0.2, 0.25) is 0 Å². The van der Waals surface area contributed by atoms with Crippen LogP contribution in [0.5, 0.6) is 0 Å². The topological polar surface area (TPSA) is 64.7 Å². The van der Waals surface area contributed by atoms with Crippen molar-refractivity contribution in [3.63, 3.8) is 0 Å². The summed E-state index contributed by atoms with van der Waals surface area (Å²) in [4.78, 5) is 20.1. The Balaban J connectivity index is 1.18. The molecule has 0 aliphatic carbocycles. The van der Waals surface area contributed by atoms with Crippen molar-refractivity contribution in [1.29, 1.82) is 0 Å². The van der Waals surface area contributed by atoms with Crippen LogP contribution in [0.3, 0.4) is 0 Å². The molecule has 6 heteroatoms. The fraction of sp³-hybridized carbons (Fsp3) is 0. The number of aromatic nitrogens is 4. The molecule has 5 nitrogen and oxygen atoms in total. The molecule has 0 unspecified atom stereocenters. The maximum atomic E-state index is 6.59. The summed E-state index contributed by atoms with van der Waals surface area (Å²) < 4.78 is 9.01. The average molecular weight is 633 g/mol. The normalized spacial score (nSPS) is 11.8. The molecule has 0 saturated carbocycles. The molecule has 10 aromatic rings. The van der Waals surface area contributed by atoms with Gasteiger partial charge < -0.3 is 4.42 Å². The minimum Gasteiger partial charge on any atom is -0.455 e. The van der Waals surface area contributed by atoms with Gasteiger partial charge in [0.2, 0.25) is 0 Å². The highest BCUT2D eigenvalue weighted by Gasteiger charge is 2.21. The molecule has 0 amide bonds. The summed E-state index contributed by atoms with van der Waals surface area (Å²) in [5, 5.41) is 5.55. The van der Waals surface area contributed by atoms with Gasteiger partial charge in [0.05, 0.1) is 21.3 Å². The third-order valence-electron chi connectivity index (χ3n) is 8.94. The first-order valence-electron chi connectivity index (χ1n) is 15.8. The molecular formula is C42H24N4OS. The first-order valence-corrected chi connectivity index (χ1v) is 16.6. The Morgan fingerprint density at radius 1 is 0.417 bits per heavy atom. The predicted molar refractivity (Wildman–Crippen MR) is 197 cm³/mol. The largest absolute Gasteiger partial charge is 0.455 e. The molecule has 0 aliphatic heterocycles. The number of furan rings is 1. The minimum absolute atomic E-state index is 0.617. The zero-order valence-corrected chi connectivity index (χ0v) is 26.3. The standard InChI is InChI=1S/C42H24N4OS/c1-3-11-26(12-4-1)40-44-41(27-13-5-2-6-14-27)46-42(45-40)28-21-19-25(20-22-28)36-35-31-16-7-9-17-33(31)47-38(35)32-24-23-30-29-15-8-10-18-34(29)48-39(30)37(32)43-36/h1-24H. The summed E-state index contributed by atoms with van der Waals surface area (Å²) in [5.74, 6) is 1.89. The third kappa shape index (κ3) is 4.24.